The van der Waals surface area contributed by atoms with Crippen molar-refractivity contribution in [1.29, 1.82) is 0 Å². The highest BCUT2D eigenvalue weighted by atomic mass is 35.5. The lowest BCUT2D eigenvalue weighted by Gasteiger charge is -2.26. The Bertz CT molecular complexity index is 415. The normalized spacial score (nSPS) is 20.2. The first kappa shape index (κ1) is 13.0. The van der Waals surface area contributed by atoms with E-state index in [-0.39, 0.29) is 0 Å². The smallest absolute Gasteiger partial charge is 0.0655 e. The Hall–Kier alpha value is -0.400. The number of benzene rings is 1. The van der Waals surface area contributed by atoms with Gasteiger partial charge in [-0.25, -0.2) is 0 Å². The lowest BCUT2D eigenvalue weighted by molar-refractivity contribution is 0.321. The maximum atomic E-state index is 6.22. The summed E-state index contributed by atoms with van der Waals surface area (Å²) in [6.45, 7) is 7.82. The van der Waals surface area contributed by atoms with Gasteiger partial charge in [0.15, 0.2) is 0 Å². The van der Waals surface area contributed by atoms with Gasteiger partial charge in [0.2, 0.25) is 0 Å². The van der Waals surface area contributed by atoms with Crippen LogP contribution in [0.1, 0.15) is 38.7 Å². The highest BCUT2D eigenvalue weighted by molar-refractivity contribution is 6.36. The molecule has 2 atom stereocenters. The first-order valence-electron chi connectivity index (χ1n) is 6.27. The molecule has 1 aliphatic heterocycles. The van der Waals surface area contributed by atoms with Gasteiger partial charge in [-0.2, -0.15) is 0 Å². The zero-order valence-corrected chi connectivity index (χ0v) is 12.1. The molecule has 1 nitrogen and oxygen atoms in total. The summed E-state index contributed by atoms with van der Waals surface area (Å²) in [7, 11) is 0. The molecule has 0 aliphatic carbocycles. The molecule has 17 heavy (non-hydrogen) atoms. The van der Waals surface area contributed by atoms with Gasteiger partial charge in [-0.05, 0) is 29.5 Å². The molecule has 0 fully saturated rings. The van der Waals surface area contributed by atoms with Gasteiger partial charge in [0, 0.05) is 17.5 Å². The molecule has 3 heteroatoms. The summed E-state index contributed by atoms with van der Waals surface area (Å²) in [5.74, 6) is 1.89. The van der Waals surface area contributed by atoms with Crippen molar-refractivity contribution >= 4 is 28.9 Å². The van der Waals surface area contributed by atoms with E-state index in [9.17, 15) is 0 Å². The molecule has 0 radical (unpaired) electrons. The van der Waals surface area contributed by atoms with Crippen LogP contribution in [0, 0.1) is 11.8 Å². The molecule has 1 heterocycles. The van der Waals surface area contributed by atoms with Gasteiger partial charge in [0.05, 0.1) is 10.7 Å². The van der Waals surface area contributed by atoms with E-state index in [4.69, 9.17) is 23.2 Å². The Morgan fingerprint density at radius 1 is 1.35 bits per heavy atom. The SMILES string of the molecule is CCC(C(C)C)C1CNc2c(Cl)cc(Cl)cc21. The molecule has 1 aromatic rings. The predicted molar refractivity (Wildman–Crippen MR) is 76.3 cm³/mol. The molecular formula is C14H19Cl2N. The second kappa shape index (κ2) is 5.07. The molecule has 2 rings (SSSR count). The number of rotatable bonds is 3. The number of hydrogen-bond donors (Lipinski definition) is 1. The molecule has 1 aliphatic rings. The average molecular weight is 272 g/mol. The molecule has 1 aromatic carbocycles. The minimum absolute atomic E-state index is 0.534. The maximum absolute atomic E-state index is 6.22. The predicted octanol–water partition coefficient (Wildman–Crippen LogP) is 5.18. The van der Waals surface area contributed by atoms with E-state index in [1.807, 2.05) is 6.07 Å². The van der Waals surface area contributed by atoms with E-state index in [1.54, 1.807) is 0 Å². The number of hydrogen-bond acceptors (Lipinski definition) is 1. The zero-order chi connectivity index (χ0) is 12.6. The minimum Gasteiger partial charge on any atom is -0.383 e. The molecular weight excluding hydrogens is 253 g/mol. The first-order valence-corrected chi connectivity index (χ1v) is 7.03. The standard InChI is InChI=1S/C14H19Cl2N/c1-4-10(8(2)3)12-7-17-14-11(12)5-9(15)6-13(14)16/h5-6,8,10,12,17H,4,7H2,1-3H3. The molecule has 0 aromatic heterocycles. The van der Waals surface area contributed by atoms with Crippen LogP contribution in [0.5, 0.6) is 0 Å². The highest BCUT2D eigenvalue weighted by Gasteiger charge is 2.31. The van der Waals surface area contributed by atoms with Crippen molar-refractivity contribution in [2.45, 2.75) is 33.1 Å². The van der Waals surface area contributed by atoms with Crippen LogP contribution in [-0.4, -0.2) is 6.54 Å². The fourth-order valence-electron chi connectivity index (χ4n) is 3.00. The molecule has 0 bridgehead atoms. The second-order valence-corrected chi connectivity index (χ2v) is 6.00. The summed E-state index contributed by atoms with van der Waals surface area (Å²) in [5.41, 5.74) is 2.38. The molecule has 1 N–H and O–H groups in total. The Labute approximate surface area is 114 Å². The largest absolute Gasteiger partial charge is 0.383 e. The molecule has 94 valence electrons. The minimum atomic E-state index is 0.534. The maximum Gasteiger partial charge on any atom is 0.0655 e. The van der Waals surface area contributed by atoms with E-state index >= 15 is 0 Å². The van der Waals surface area contributed by atoms with Crippen LogP contribution < -0.4 is 5.32 Å². The van der Waals surface area contributed by atoms with Crippen LogP contribution in [-0.2, 0) is 0 Å². The van der Waals surface area contributed by atoms with Crippen LogP contribution in [0.3, 0.4) is 0 Å². The van der Waals surface area contributed by atoms with Crippen LogP contribution in [0.4, 0.5) is 5.69 Å². The van der Waals surface area contributed by atoms with Gasteiger partial charge in [0.1, 0.15) is 0 Å². The van der Waals surface area contributed by atoms with Crippen molar-refractivity contribution in [2.75, 3.05) is 11.9 Å². The van der Waals surface area contributed by atoms with Crippen molar-refractivity contribution < 1.29 is 0 Å². The lowest BCUT2D eigenvalue weighted by atomic mass is 9.79. The van der Waals surface area contributed by atoms with E-state index in [2.05, 4.69) is 32.2 Å². The van der Waals surface area contributed by atoms with Gasteiger partial charge in [-0.15, -0.1) is 0 Å². The van der Waals surface area contributed by atoms with Crippen LogP contribution in [0.2, 0.25) is 10.0 Å². The summed E-state index contributed by atoms with van der Waals surface area (Å²) in [6, 6.07) is 3.88. The Balaban J connectivity index is 2.39. The quantitative estimate of drug-likeness (QED) is 0.798. The van der Waals surface area contributed by atoms with Crippen molar-refractivity contribution in [3.63, 3.8) is 0 Å². The van der Waals surface area contributed by atoms with Gasteiger partial charge in [-0.1, -0.05) is 50.4 Å². The number of anilines is 1. The average Bonchev–Trinajstić information content (AvgIpc) is 2.63. The summed E-state index contributed by atoms with van der Waals surface area (Å²) >= 11 is 12.3. The van der Waals surface area contributed by atoms with Crippen LogP contribution >= 0.6 is 23.2 Å². The Morgan fingerprint density at radius 3 is 2.65 bits per heavy atom. The van der Waals surface area contributed by atoms with Gasteiger partial charge >= 0.3 is 0 Å². The summed E-state index contributed by atoms with van der Waals surface area (Å²) < 4.78 is 0. The van der Waals surface area contributed by atoms with E-state index in [0.717, 1.165) is 22.3 Å². The third-order valence-corrected chi connectivity index (χ3v) is 4.34. The van der Waals surface area contributed by atoms with Crippen LogP contribution in [0.25, 0.3) is 0 Å². The highest BCUT2D eigenvalue weighted by Crippen LogP contribution is 2.44. The third kappa shape index (κ3) is 2.41. The fourth-order valence-corrected chi connectivity index (χ4v) is 3.57. The fraction of sp³-hybridized carbons (Fsp3) is 0.571. The van der Waals surface area contributed by atoms with Crippen molar-refractivity contribution in [3.8, 4) is 0 Å². The Morgan fingerprint density at radius 2 is 2.06 bits per heavy atom. The van der Waals surface area contributed by atoms with Crippen LogP contribution in [0.15, 0.2) is 12.1 Å². The molecule has 0 spiro atoms. The number of fused-ring (bicyclic) bond motifs is 1. The van der Waals surface area contributed by atoms with Crippen molar-refractivity contribution in [2.24, 2.45) is 11.8 Å². The van der Waals surface area contributed by atoms with E-state index in [0.29, 0.717) is 17.8 Å². The zero-order valence-electron chi connectivity index (χ0n) is 10.6. The van der Waals surface area contributed by atoms with Gasteiger partial charge < -0.3 is 5.32 Å². The molecule has 0 amide bonds. The van der Waals surface area contributed by atoms with Gasteiger partial charge in [-0.3, -0.25) is 0 Å². The lowest BCUT2D eigenvalue weighted by Crippen LogP contribution is -2.19. The summed E-state index contributed by atoms with van der Waals surface area (Å²) in [5, 5.41) is 4.91. The Kier molecular flexibility index (Phi) is 3.89. The second-order valence-electron chi connectivity index (χ2n) is 5.16. The third-order valence-electron chi connectivity index (χ3n) is 3.83. The number of nitrogens with one attached hydrogen (secondary N) is 1. The summed E-state index contributed by atoms with van der Waals surface area (Å²) in [6.07, 6.45) is 1.19. The van der Waals surface area contributed by atoms with Crippen molar-refractivity contribution in [3.05, 3.63) is 27.7 Å². The monoisotopic (exact) mass is 271 g/mol. The first-order chi connectivity index (χ1) is 8.04. The molecule has 2 unspecified atom stereocenters. The van der Waals surface area contributed by atoms with E-state index < -0.39 is 0 Å². The van der Waals surface area contributed by atoms with Gasteiger partial charge in [0.25, 0.3) is 0 Å². The number of halogens is 2. The van der Waals surface area contributed by atoms with Crippen molar-refractivity contribution in [1.82, 2.24) is 0 Å². The van der Waals surface area contributed by atoms with E-state index in [1.165, 1.54) is 12.0 Å². The topological polar surface area (TPSA) is 12.0 Å². The summed E-state index contributed by atoms with van der Waals surface area (Å²) in [4.78, 5) is 0. The molecule has 0 saturated heterocycles. The molecule has 0 saturated carbocycles.